The Hall–Kier alpha value is -3.88. The quantitative estimate of drug-likeness (QED) is 0.354. The van der Waals surface area contributed by atoms with Crippen LogP contribution in [-0.4, -0.2) is 43.2 Å². The van der Waals surface area contributed by atoms with Crippen LogP contribution in [-0.2, 0) is 21.0 Å². The molecule has 5 rings (SSSR count). The fourth-order valence-electron chi connectivity index (χ4n) is 4.96. The molecule has 2 amide bonds. The number of amides is 2. The second kappa shape index (κ2) is 11.2. The minimum atomic E-state index is -0.891. The Balaban J connectivity index is 1.38. The molecule has 0 unspecified atom stereocenters. The maximum atomic E-state index is 13.6. The average molecular weight is 517 g/mol. The van der Waals surface area contributed by atoms with Gasteiger partial charge < -0.3 is 14.2 Å². The lowest BCUT2D eigenvalue weighted by Gasteiger charge is -2.25. The summed E-state index contributed by atoms with van der Waals surface area (Å²) in [7, 11) is 1.74. The lowest BCUT2D eigenvalue weighted by Crippen LogP contribution is -2.36. The number of carbonyl (C=O) groups is 2. The molecule has 8 heteroatoms. The molecule has 3 aromatic carbocycles. The molecule has 2 aliphatic heterocycles. The summed E-state index contributed by atoms with van der Waals surface area (Å²) in [4.78, 5) is 34.1. The van der Waals surface area contributed by atoms with Gasteiger partial charge in [-0.05, 0) is 60.9 Å². The summed E-state index contributed by atoms with van der Waals surface area (Å²) in [6.45, 7) is 5.40. The van der Waals surface area contributed by atoms with Crippen molar-refractivity contribution < 1.29 is 28.6 Å². The van der Waals surface area contributed by atoms with Gasteiger partial charge in [0.05, 0.1) is 30.9 Å². The van der Waals surface area contributed by atoms with Crippen LogP contribution in [0.1, 0.15) is 37.4 Å². The first-order valence-corrected chi connectivity index (χ1v) is 13.0. The van der Waals surface area contributed by atoms with E-state index < -0.39 is 18.1 Å². The number of benzene rings is 3. The topological polar surface area (TPSA) is 77.5 Å². The molecule has 8 nitrogen and oxygen atoms in total. The molecule has 2 saturated heterocycles. The maximum absolute atomic E-state index is 13.6. The Morgan fingerprint density at radius 1 is 0.842 bits per heavy atom. The molecule has 3 atom stereocenters. The van der Waals surface area contributed by atoms with E-state index >= 15 is 0 Å². The van der Waals surface area contributed by atoms with Gasteiger partial charge in [0, 0.05) is 7.05 Å². The fourth-order valence-corrected chi connectivity index (χ4v) is 4.96. The molecule has 0 spiro atoms. The number of anilines is 1. The number of ether oxygens (including phenoxy) is 3. The lowest BCUT2D eigenvalue weighted by molar-refractivity contribution is -0.160. The van der Waals surface area contributed by atoms with Gasteiger partial charge in [0.25, 0.3) is 5.91 Å². The van der Waals surface area contributed by atoms with Crippen LogP contribution in [0.5, 0.6) is 17.2 Å². The van der Waals surface area contributed by atoms with Gasteiger partial charge in [-0.25, -0.2) is 4.90 Å². The minimum Gasteiger partial charge on any atom is -0.494 e. The second-order valence-corrected chi connectivity index (χ2v) is 9.31. The zero-order chi connectivity index (χ0) is 26.6. The van der Waals surface area contributed by atoms with Gasteiger partial charge in [0.2, 0.25) is 5.91 Å². The molecule has 2 fully saturated rings. The van der Waals surface area contributed by atoms with E-state index in [1.807, 2.05) is 62.4 Å². The van der Waals surface area contributed by atoms with E-state index in [-0.39, 0.29) is 11.8 Å². The van der Waals surface area contributed by atoms with Crippen molar-refractivity contribution in [2.45, 2.75) is 39.0 Å². The SMILES string of the molecule is CCCOc1ccc(N2C(=O)[C@@H]3[C@H](ON(C)[C@@H]3c3ccc(OCc4ccccc4)c(OCC)c3)C2=O)cc1. The van der Waals surface area contributed by atoms with Gasteiger partial charge in [-0.3, -0.25) is 14.4 Å². The van der Waals surface area contributed by atoms with Crippen LogP contribution >= 0.6 is 0 Å². The van der Waals surface area contributed by atoms with E-state index in [1.165, 1.54) is 4.90 Å². The highest BCUT2D eigenvalue weighted by atomic mass is 16.7. The summed E-state index contributed by atoms with van der Waals surface area (Å²) < 4.78 is 17.6. The van der Waals surface area contributed by atoms with E-state index in [2.05, 4.69) is 0 Å². The van der Waals surface area contributed by atoms with Crippen LogP contribution in [0, 0.1) is 5.92 Å². The van der Waals surface area contributed by atoms with E-state index in [1.54, 1.807) is 36.4 Å². The van der Waals surface area contributed by atoms with Crippen LogP contribution in [0.3, 0.4) is 0 Å². The summed E-state index contributed by atoms with van der Waals surface area (Å²) in [6.07, 6.45) is 0.00376. The molecular weight excluding hydrogens is 484 g/mol. The Bertz CT molecular complexity index is 1280. The van der Waals surface area contributed by atoms with Gasteiger partial charge in [0.15, 0.2) is 17.6 Å². The molecule has 0 bridgehead atoms. The normalized spacial score (nSPS) is 21.0. The predicted molar refractivity (Wildman–Crippen MR) is 142 cm³/mol. The average Bonchev–Trinajstić information content (AvgIpc) is 3.40. The molecule has 38 heavy (non-hydrogen) atoms. The van der Waals surface area contributed by atoms with Crippen molar-refractivity contribution in [1.29, 1.82) is 0 Å². The Morgan fingerprint density at radius 2 is 1.61 bits per heavy atom. The molecular formula is C30H32N2O6. The smallest absolute Gasteiger partial charge is 0.265 e. The third-order valence-corrected chi connectivity index (χ3v) is 6.72. The number of hydrogen-bond acceptors (Lipinski definition) is 7. The minimum absolute atomic E-state index is 0.293. The zero-order valence-corrected chi connectivity index (χ0v) is 21.8. The summed E-state index contributed by atoms with van der Waals surface area (Å²) in [5.41, 5.74) is 2.36. The second-order valence-electron chi connectivity index (χ2n) is 9.31. The van der Waals surface area contributed by atoms with Gasteiger partial charge in [-0.2, -0.15) is 5.06 Å². The molecule has 198 valence electrons. The van der Waals surface area contributed by atoms with E-state index in [4.69, 9.17) is 19.0 Å². The fraction of sp³-hybridized carbons (Fsp3) is 0.333. The summed E-state index contributed by atoms with van der Waals surface area (Å²) in [6, 6.07) is 22.1. The van der Waals surface area contributed by atoms with Crippen molar-refractivity contribution >= 4 is 17.5 Å². The van der Waals surface area contributed by atoms with Gasteiger partial charge in [0.1, 0.15) is 12.4 Å². The van der Waals surface area contributed by atoms with Crippen LogP contribution in [0.4, 0.5) is 5.69 Å². The molecule has 0 N–H and O–H groups in total. The van der Waals surface area contributed by atoms with Gasteiger partial charge in [-0.15, -0.1) is 0 Å². The van der Waals surface area contributed by atoms with Crippen molar-refractivity contribution in [2.75, 3.05) is 25.2 Å². The first-order valence-electron chi connectivity index (χ1n) is 13.0. The highest BCUT2D eigenvalue weighted by molar-refractivity contribution is 6.23. The van der Waals surface area contributed by atoms with E-state index in [0.29, 0.717) is 42.8 Å². The zero-order valence-electron chi connectivity index (χ0n) is 21.8. The summed E-state index contributed by atoms with van der Waals surface area (Å²) >= 11 is 0. The maximum Gasteiger partial charge on any atom is 0.265 e. The van der Waals surface area contributed by atoms with Crippen LogP contribution < -0.4 is 19.1 Å². The molecule has 0 radical (unpaired) electrons. The highest BCUT2D eigenvalue weighted by Crippen LogP contribution is 2.46. The number of hydroxylamine groups is 2. The van der Waals surface area contributed by atoms with Gasteiger partial charge in [-0.1, -0.05) is 43.3 Å². The third kappa shape index (κ3) is 4.97. The number of imide groups is 1. The monoisotopic (exact) mass is 516 g/mol. The molecule has 2 aliphatic rings. The molecule has 3 aromatic rings. The van der Waals surface area contributed by atoms with Crippen molar-refractivity contribution in [3.05, 3.63) is 83.9 Å². The highest BCUT2D eigenvalue weighted by Gasteiger charge is 2.59. The molecule has 0 saturated carbocycles. The molecule has 0 aliphatic carbocycles. The van der Waals surface area contributed by atoms with Crippen LogP contribution in [0.25, 0.3) is 0 Å². The largest absolute Gasteiger partial charge is 0.494 e. The van der Waals surface area contributed by atoms with Crippen molar-refractivity contribution in [3.63, 3.8) is 0 Å². The van der Waals surface area contributed by atoms with Crippen molar-refractivity contribution in [1.82, 2.24) is 5.06 Å². The third-order valence-electron chi connectivity index (χ3n) is 6.72. The van der Waals surface area contributed by atoms with Crippen LogP contribution in [0.15, 0.2) is 72.8 Å². The summed E-state index contributed by atoms with van der Waals surface area (Å²) in [5.74, 6) is 0.534. The standard InChI is InChI=1S/C30H32N2O6/c1-4-17-36-23-14-12-22(13-15-23)32-29(33)26-27(31(3)38-28(26)30(32)34)21-11-16-24(25(18-21)35-5-2)37-19-20-9-7-6-8-10-20/h6-16,18,26-28H,4-5,17,19H2,1-3H3/t26-,27+,28-/m0/s1. The number of nitrogens with zero attached hydrogens (tertiary/aromatic N) is 2. The number of hydrogen-bond donors (Lipinski definition) is 0. The molecule has 0 aromatic heterocycles. The number of rotatable bonds is 10. The van der Waals surface area contributed by atoms with E-state index in [9.17, 15) is 9.59 Å². The Morgan fingerprint density at radius 3 is 2.32 bits per heavy atom. The van der Waals surface area contributed by atoms with Crippen molar-refractivity contribution in [3.8, 4) is 17.2 Å². The first kappa shape index (κ1) is 25.8. The van der Waals surface area contributed by atoms with Gasteiger partial charge >= 0.3 is 0 Å². The van der Waals surface area contributed by atoms with Crippen molar-refractivity contribution in [2.24, 2.45) is 5.92 Å². The Labute approximate surface area is 222 Å². The predicted octanol–water partition coefficient (Wildman–Crippen LogP) is 4.93. The number of fused-ring (bicyclic) bond motifs is 1. The molecule has 2 heterocycles. The first-order chi connectivity index (χ1) is 18.5. The van der Waals surface area contributed by atoms with E-state index in [0.717, 1.165) is 17.5 Å². The Kier molecular flexibility index (Phi) is 7.62. The van der Waals surface area contributed by atoms with Crippen LogP contribution in [0.2, 0.25) is 0 Å². The lowest BCUT2D eigenvalue weighted by atomic mass is 9.91. The summed E-state index contributed by atoms with van der Waals surface area (Å²) in [5, 5.41) is 1.60. The number of carbonyl (C=O) groups excluding carboxylic acids is 2.